The van der Waals surface area contributed by atoms with E-state index >= 15 is 0 Å². The molecular formula is C17H18N4O5S. The molecule has 0 radical (unpaired) electrons. The lowest BCUT2D eigenvalue weighted by atomic mass is 10.2. The quantitative estimate of drug-likeness (QED) is 0.567. The molecule has 2 heterocycles. The predicted octanol–water partition coefficient (Wildman–Crippen LogP) is 1.75. The van der Waals surface area contributed by atoms with Gasteiger partial charge in [-0.3, -0.25) is 19.6 Å². The van der Waals surface area contributed by atoms with Gasteiger partial charge in [0.2, 0.25) is 5.91 Å². The van der Waals surface area contributed by atoms with Crippen molar-refractivity contribution in [2.75, 3.05) is 10.7 Å². The number of nitro groups is 1. The molecule has 0 aliphatic carbocycles. The van der Waals surface area contributed by atoms with Crippen LogP contribution in [0.5, 0.6) is 0 Å². The summed E-state index contributed by atoms with van der Waals surface area (Å²) in [4.78, 5) is 25.0. The van der Waals surface area contributed by atoms with Crippen molar-refractivity contribution < 1.29 is 18.1 Å². The molecule has 1 aromatic heterocycles. The number of sulfone groups is 1. The van der Waals surface area contributed by atoms with Crippen molar-refractivity contribution in [1.82, 2.24) is 9.78 Å². The minimum absolute atomic E-state index is 0.127. The molecule has 1 atom stereocenters. The average Bonchev–Trinajstić information content (AvgIpc) is 3.07. The Hall–Kier alpha value is -3.01. The Labute approximate surface area is 156 Å². The Morgan fingerprint density at radius 3 is 2.52 bits per heavy atom. The van der Waals surface area contributed by atoms with Gasteiger partial charge >= 0.3 is 5.69 Å². The van der Waals surface area contributed by atoms with Crippen LogP contribution in [0.3, 0.4) is 0 Å². The topological polar surface area (TPSA) is 115 Å². The first-order valence-electron chi connectivity index (χ1n) is 8.16. The molecule has 0 unspecified atom stereocenters. The molecule has 0 bridgehead atoms. The van der Waals surface area contributed by atoms with Crippen LogP contribution in [0.2, 0.25) is 0 Å². The fourth-order valence-corrected chi connectivity index (χ4v) is 4.41. The fraction of sp³-hybridized carbons (Fsp3) is 0.294. The maximum Gasteiger partial charge on any atom is 0.312 e. The number of amides is 1. The molecule has 0 N–H and O–H groups in total. The number of rotatable bonds is 5. The minimum Gasteiger partial charge on any atom is -0.303 e. The molecule has 1 aliphatic heterocycles. The number of benzene rings is 1. The predicted molar refractivity (Wildman–Crippen MR) is 99.0 cm³/mol. The molecule has 3 rings (SSSR count). The number of hydrogen-bond acceptors (Lipinski definition) is 6. The standard InChI is InChI=1S/C17H18N4O5S/c1-12-17(21(23)24)13(2)19(18-12)10-16(22)20(14-6-4-3-5-7-14)15-8-9-27(25,26)11-15/h3-9,15H,10-11H2,1-2H3/t15-/m0/s1. The number of anilines is 1. The van der Waals surface area contributed by atoms with Gasteiger partial charge in [-0.2, -0.15) is 5.10 Å². The first-order valence-corrected chi connectivity index (χ1v) is 9.87. The third kappa shape index (κ3) is 3.75. The Balaban J connectivity index is 1.94. The Morgan fingerprint density at radius 1 is 1.33 bits per heavy atom. The summed E-state index contributed by atoms with van der Waals surface area (Å²) in [6, 6.07) is 8.06. The second-order valence-corrected chi connectivity index (χ2v) is 8.19. The molecule has 10 heteroatoms. The molecule has 1 aliphatic rings. The first kappa shape index (κ1) is 18.8. The third-order valence-corrected chi connectivity index (χ3v) is 5.73. The summed E-state index contributed by atoms with van der Waals surface area (Å²) in [5.41, 5.74) is 0.913. The van der Waals surface area contributed by atoms with Crippen molar-refractivity contribution in [3.8, 4) is 0 Å². The van der Waals surface area contributed by atoms with Gasteiger partial charge in [-0.15, -0.1) is 0 Å². The van der Waals surface area contributed by atoms with Crippen molar-refractivity contribution in [3.63, 3.8) is 0 Å². The number of para-hydroxylation sites is 1. The van der Waals surface area contributed by atoms with E-state index in [1.165, 1.54) is 29.5 Å². The number of nitrogens with zero attached hydrogens (tertiary/aromatic N) is 4. The molecule has 2 aromatic rings. The van der Waals surface area contributed by atoms with Crippen molar-refractivity contribution in [1.29, 1.82) is 0 Å². The normalized spacial score (nSPS) is 17.8. The summed E-state index contributed by atoms with van der Waals surface area (Å²) >= 11 is 0. The molecule has 142 valence electrons. The van der Waals surface area contributed by atoms with E-state index in [2.05, 4.69) is 5.10 Å². The molecule has 0 fully saturated rings. The van der Waals surface area contributed by atoms with Crippen LogP contribution in [-0.2, 0) is 21.2 Å². The number of hydrogen-bond donors (Lipinski definition) is 0. The molecule has 9 nitrogen and oxygen atoms in total. The molecule has 1 amide bonds. The van der Waals surface area contributed by atoms with E-state index in [1.54, 1.807) is 30.3 Å². The zero-order chi connectivity index (χ0) is 19.8. The maximum atomic E-state index is 13.0. The second-order valence-electron chi connectivity index (χ2n) is 6.26. The Morgan fingerprint density at radius 2 is 2.00 bits per heavy atom. The smallest absolute Gasteiger partial charge is 0.303 e. The van der Waals surface area contributed by atoms with Crippen LogP contribution in [0.15, 0.2) is 41.8 Å². The highest BCUT2D eigenvalue weighted by Crippen LogP contribution is 2.25. The fourth-order valence-electron chi connectivity index (χ4n) is 3.14. The molecule has 1 aromatic carbocycles. The van der Waals surface area contributed by atoms with Crippen molar-refractivity contribution in [2.45, 2.75) is 26.4 Å². The largest absolute Gasteiger partial charge is 0.312 e. The van der Waals surface area contributed by atoms with Gasteiger partial charge in [-0.1, -0.05) is 18.2 Å². The van der Waals surface area contributed by atoms with E-state index in [9.17, 15) is 23.3 Å². The Bertz CT molecular complexity index is 1030. The van der Waals surface area contributed by atoms with Gasteiger partial charge < -0.3 is 4.90 Å². The highest BCUT2D eigenvalue weighted by atomic mass is 32.2. The lowest BCUT2D eigenvalue weighted by Crippen LogP contribution is -2.43. The highest BCUT2D eigenvalue weighted by Gasteiger charge is 2.32. The van der Waals surface area contributed by atoms with Crippen molar-refractivity contribution in [2.24, 2.45) is 0 Å². The van der Waals surface area contributed by atoms with Crippen LogP contribution in [0.4, 0.5) is 11.4 Å². The summed E-state index contributed by atoms with van der Waals surface area (Å²) in [7, 11) is -3.36. The number of carbonyl (C=O) groups excluding carboxylic acids is 1. The van der Waals surface area contributed by atoms with Crippen LogP contribution >= 0.6 is 0 Å². The molecule has 0 saturated carbocycles. The number of aromatic nitrogens is 2. The van der Waals surface area contributed by atoms with Gasteiger partial charge in [-0.05, 0) is 32.1 Å². The molecular weight excluding hydrogens is 372 g/mol. The molecule has 27 heavy (non-hydrogen) atoms. The average molecular weight is 390 g/mol. The summed E-state index contributed by atoms with van der Waals surface area (Å²) < 4.78 is 24.9. The summed E-state index contributed by atoms with van der Waals surface area (Å²) in [6.45, 7) is 2.80. The van der Waals surface area contributed by atoms with Gasteiger partial charge in [0.25, 0.3) is 0 Å². The van der Waals surface area contributed by atoms with Crippen LogP contribution in [-0.4, -0.2) is 40.8 Å². The highest BCUT2D eigenvalue weighted by molar-refractivity contribution is 7.94. The van der Waals surface area contributed by atoms with Crippen LogP contribution < -0.4 is 4.90 Å². The van der Waals surface area contributed by atoms with E-state index in [0.29, 0.717) is 5.69 Å². The monoisotopic (exact) mass is 390 g/mol. The van der Waals surface area contributed by atoms with Crippen LogP contribution in [0.1, 0.15) is 11.4 Å². The second kappa shape index (κ2) is 6.95. The maximum absolute atomic E-state index is 13.0. The van der Waals surface area contributed by atoms with E-state index in [-0.39, 0.29) is 29.4 Å². The first-order chi connectivity index (χ1) is 12.7. The van der Waals surface area contributed by atoms with Gasteiger partial charge in [-0.25, -0.2) is 8.42 Å². The van der Waals surface area contributed by atoms with Gasteiger partial charge in [0, 0.05) is 11.1 Å². The lowest BCUT2D eigenvalue weighted by Gasteiger charge is -2.27. The number of aryl methyl sites for hydroxylation is 1. The van der Waals surface area contributed by atoms with Gasteiger partial charge in [0.1, 0.15) is 17.9 Å². The summed E-state index contributed by atoms with van der Waals surface area (Å²) in [5, 5.41) is 16.4. The molecule has 0 spiro atoms. The van der Waals surface area contributed by atoms with E-state index < -0.39 is 26.7 Å². The zero-order valence-corrected chi connectivity index (χ0v) is 15.6. The van der Waals surface area contributed by atoms with Crippen LogP contribution in [0.25, 0.3) is 0 Å². The van der Waals surface area contributed by atoms with Crippen LogP contribution in [0, 0.1) is 24.0 Å². The van der Waals surface area contributed by atoms with E-state index in [0.717, 1.165) is 5.41 Å². The number of carbonyl (C=O) groups is 1. The van der Waals surface area contributed by atoms with Crippen molar-refractivity contribution in [3.05, 3.63) is 63.3 Å². The van der Waals surface area contributed by atoms with E-state index in [1.807, 2.05) is 0 Å². The molecule has 0 saturated heterocycles. The lowest BCUT2D eigenvalue weighted by molar-refractivity contribution is -0.386. The minimum atomic E-state index is -3.36. The third-order valence-electron chi connectivity index (χ3n) is 4.36. The summed E-state index contributed by atoms with van der Waals surface area (Å²) in [6.07, 6.45) is 1.48. The Kier molecular flexibility index (Phi) is 4.83. The summed E-state index contributed by atoms with van der Waals surface area (Å²) in [5.74, 6) is -0.612. The SMILES string of the molecule is Cc1nn(CC(=O)N(c2ccccc2)[C@H]2C=CS(=O)(=O)C2)c(C)c1[N+](=O)[O-]. The van der Waals surface area contributed by atoms with Gasteiger partial charge in [0.15, 0.2) is 9.84 Å². The zero-order valence-electron chi connectivity index (χ0n) is 14.8. The van der Waals surface area contributed by atoms with E-state index in [4.69, 9.17) is 0 Å². The van der Waals surface area contributed by atoms with Crippen molar-refractivity contribution >= 4 is 27.1 Å². The van der Waals surface area contributed by atoms with Gasteiger partial charge in [0.05, 0.1) is 16.7 Å².